The Morgan fingerprint density at radius 3 is 2.31 bits per heavy atom. The summed E-state index contributed by atoms with van der Waals surface area (Å²) >= 11 is 0. The van der Waals surface area contributed by atoms with Crippen molar-refractivity contribution in [3.05, 3.63) is 71.8 Å². The number of alkyl carbamates (subject to hydrolysis) is 1. The number of aromatic hydroxyl groups is 1. The monoisotopic (exact) mass is 533 g/mol. The molecule has 8 nitrogen and oxygen atoms in total. The highest BCUT2D eigenvalue weighted by atomic mass is 16.6. The minimum absolute atomic E-state index is 0.0731. The zero-order valence-electron chi connectivity index (χ0n) is 23.7. The number of fused-ring (bicyclic) bond motifs is 1. The highest BCUT2D eigenvalue weighted by molar-refractivity contribution is 6.00. The van der Waals surface area contributed by atoms with Crippen molar-refractivity contribution in [3.63, 3.8) is 0 Å². The molecule has 208 valence electrons. The molecule has 0 aliphatic rings. The van der Waals surface area contributed by atoms with E-state index >= 15 is 0 Å². The van der Waals surface area contributed by atoms with Crippen LogP contribution in [-0.2, 0) is 14.3 Å². The third-order valence-corrected chi connectivity index (χ3v) is 6.72. The van der Waals surface area contributed by atoms with E-state index in [0.717, 1.165) is 10.8 Å². The SMILES string of the molecule is CCC(C)C(NC(=O)OC(C)(C)C)C(=O)N(C)C(C(=O)Nc1ccc2ccccc2c1)c1cccc(C)c1O. The molecular formula is C31H39N3O5. The first-order valence-corrected chi connectivity index (χ1v) is 13.2. The van der Waals surface area contributed by atoms with E-state index in [1.54, 1.807) is 52.0 Å². The first-order chi connectivity index (χ1) is 18.3. The lowest BCUT2D eigenvalue weighted by Gasteiger charge is -2.34. The van der Waals surface area contributed by atoms with Gasteiger partial charge >= 0.3 is 6.09 Å². The molecule has 3 atom stereocenters. The van der Waals surface area contributed by atoms with Crippen LogP contribution >= 0.6 is 0 Å². The van der Waals surface area contributed by atoms with Crippen LogP contribution in [0.15, 0.2) is 60.7 Å². The molecule has 39 heavy (non-hydrogen) atoms. The van der Waals surface area contributed by atoms with Gasteiger partial charge in [-0.05, 0) is 62.1 Å². The van der Waals surface area contributed by atoms with Crippen LogP contribution in [0.4, 0.5) is 10.5 Å². The molecule has 3 unspecified atom stereocenters. The molecule has 0 aromatic heterocycles. The van der Waals surface area contributed by atoms with Gasteiger partial charge < -0.3 is 25.4 Å². The van der Waals surface area contributed by atoms with Gasteiger partial charge in [-0.15, -0.1) is 0 Å². The predicted octanol–water partition coefficient (Wildman–Crippen LogP) is 5.93. The Hall–Kier alpha value is -4.07. The van der Waals surface area contributed by atoms with Crippen molar-refractivity contribution < 1.29 is 24.2 Å². The van der Waals surface area contributed by atoms with Crippen molar-refractivity contribution in [2.75, 3.05) is 12.4 Å². The highest BCUT2D eigenvalue weighted by Gasteiger charge is 2.37. The molecule has 0 aliphatic heterocycles. The van der Waals surface area contributed by atoms with Crippen LogP contribution in [0.1, 0.15) is 58.2 Å². The van der Waals surface area contributed by atoms with Crippen LogP contribution in [-0.4, -0.2) is 46.6 Å². The molecule has 3 aromatic carbocycles. The molecule has 3 N–H and O–H groups in total. The van der Waals surface area contributed by atoms with Crippen molar-refractivity contribution in [1.29, 1.82) is 0 Å². The van der Waals surface area contributed by atoms with Crippen LogP contribution in [0.5, 0.6) is 5.75 Å². The van der Waals surface area contributed by atoms with E-state index in [-0.39, 0.29) is 17.2 Å². The third-order valence-electron chi connectivity index (χ3n) is 6.72. The fourth-order valence-electron chi connectivity index (χ4n) is 4.37. The van der Waals surface area contributed by atoms with Crippen LogP contribution in [0.3, 0.4) is 0 Å². The number of aryl methyl sites for hydroxylation is 1. The molecule has 0 bridgehead atoms. The molecule has 0 heterocycles. The number of nitrogens with zero attached hydrogens (tertiary/aromatic N) is 1. The van der Waals surface area contributed by atoms with Crippen LogP contribution in [0, 0.1) is 12.8 Å². The average Bonchev–Trinajstić information content (AvgIpc) is 2.87. The summed E-state index contributed by atoms with van der Waals surface area (Å²) < 4.78 is 5.39. The standard InChI is InChI=1S/C31H39N3O5/c1-8-19(2)25(33-30(38)39-31(4,5)6)29(37)34(7)26(24-15-11-12-20(3)27(24)35)28(36)32-23-17-16-21-13-9-10-14-22(21)18-23/h9-19,25-26,35H,8H2,1-7H3,(H,32,36)(H,33,38). The zero-order valence-corrected chi connectivity index (χ0v) is 23.7. The fraction of sp³-hybridized carbons (Fsp3) is 0.387. The molecule has 3 rings (SSSR count). The first kappa shape index (κ1) is 29.5. The minimum Gasteiger partial charge on any atom is -0.507 e. The summed E-state index contributed by atoms with van der Waals surface area (Å²) in [6, 6.07) is 16.3. The number of hydrogen-bond acceptors (Lipinski definition) is 5. The van der Waals surface area contributed by atoms with Gasteiger partial charge in [-0.2, -0.15) is 0 Å². The molecule has 3 aromatic rings. The number of carbonyl (C=O) groups is 3. The number of phenolic OH excluding ortho intramolecular Hbond substituents is 1. The Bertz CT molecular complexity index is 1350. The van der Waals surface area contributed by atoms with Gasteiger partial charge in [0, 0.05) is 18.3 Å². The average molecular weight is 534 g/mol. The second kappa shape index (κ2) is 12.2. The molecular weight excluding hydrogens is 494 g/mol. The number of likely N-dealkylation sites (N-methyl/N-ethyl adjacent to an activating group) is 1. The maximum absolute atomic E-state index is 13.9. The molecule has 0 saturated heterocycles. The van der Waals surface area contributed by atoms with Gasteiger partial charge in [0.25, 0.3) is 5.91 Å². The number of rotatable bonds is 8. The van der Waals surface area contributed by atoms with E-state index in [1.165, 1.54) is 11.9 Å². The van der Waals surface area contributed by atoms with E-state index in [2.05, 4.69) is 10.6 Å². The third kappa shape index (κ3) is 7.28. The quantitative estimate of drug-likeness (QED) is 0.333. The molecule has 0 aliphatic carbocycles. The number of nitrogens with one attached hydrogen (secondary N) is 2. The zero-order chi connectivity index (χ0) is 28.9. The first-order valence-electron chi connectivity index (χ1n) is 13.2. The maximum Gasteiger partial charge on any atom is 0.408 e. The highest BCUT2D eigenvalue weighted by Crippen LogP contribution is 2.33. The van der Waals surface area contributed by atoms with Gasteiger partial charge in [0.05, 0.1) is 0 Å². The van der Waals surface area contributed by atoms with Gasteiger partial charge in [-0.25, -0.2) is 4.79 Å². The molecule has 3 amide bonds. The maximum atomic E-state index is 13.9. The summed E-state index contributed by atoms with van der Waals surface area (Å²) in [5, 5.41) is 18.5. The number of hydrogen-bond donors (Lipinski definition) is 3. The van der Waals surface area contributed by atoms with Gasteiger partial charge in [0.2, 0.25) is 5.91 Å². The number of para-hydroxylation sites is 1. The summed E-state index contributed by atoms with van der Waals surface area (Å²) in [5.41, 5.74) is 0.669. The van der Waals surface area contributed by atoms with Crippen LogP contribution < -0.4 is 10.6 Å². The summed E-state index contributed by atoms with van der Waals surface area (Å²) in [7, 11) is 1.50. The van der Waals surface area contributed by atoms with Gasteiger partial charge in [-0.3, -0.25) is 9.59 Å². The topological polar surface area (TPSA) is 108 Å². The fourth-order valence-corrected chi connectivity index (χ4v) is 4.37. The van der Waals surface area contributed by atoms with E-state index < -0.39 is 35.6 Å². The van der Waals surface area contributed by atoms with Crippen molar-refractivity contribution in [2.24, 2.45) is 5.92 Å². The summed E-state index contributed by atoms with van der Waals surface area (Å²) in [4.78, 5) is 41.6. The summed E-state index contributed by atoms with van der Waals surface area (Å²) in [5.74, 6) is -1.30. The van der Waals surface area contributed by atoms with Gasteiger partial charge in [-0.1, -0.05) is 68.8 Å². The van der Waals surface area contributed by atoms with Gasteiger partial charge in [0.15, 0.2) is 0 Å². The van der Waals surface area contributed by atoms with Crippen LogP contribution in [0.25, 0.3) is 10.8 Å². The predicted molar refractivity (Wildman–Crippen MR) is 154 cm³/mol. The molecule has 0 fully saturated rings. The van der Waals surface area contributed by atoms with Gasteiger partial charge in [0.1, 0.15) is 23.4 Å². The summed E-state index contributed by atoms with van der Waals surface area (Å²) in [6.45, 7) is 10.7. The molecule has 8 heteroatoms. The number of ether oxygens (including phenoxy) is 1. The van der Waals surface area contributed by atoms with Crippen molar-refractivity contribution in [3.8, 4) is 5.75 Å². The second-order valence-corrected chi connectivity index (χ2v) is 10.9. The lowest BCUT2D eigenvalue weighted by atomic mass is 9.95. The second-order valence-electron chi connectivity index (χ2n) is 10.9. The van der Waals surface area contributed by atoms with E-state index in [4.69, 9.17) is 4.74 Å². The number of anilines is 1. The lowest BCUT2D eigenvalue weighted by Crippen LogP contribution is -2.53. The van der Waals surface area contributed by atoms with Crippen molar-refractivity contribution in [2.45, 2.75) is 65.6 Å². The minimum atomic E-state index is -1.17. The molecule has 0 radical (unpaired) electrons. The Labute approximate surface area is 230 Å². The normalized spacial score (nSPS) is 13.7. The molecule has 0 saturated carbocycles. The number of amides is 3. The lowest BCUT2D eigenvalue weighted by molar-refractivity contribution is -0.140. The number of benzene rings is 3. The Morgan fingerprint density at radius 1 is 1.00 bits per heavy atom. The van der Waals surface area contributed by atoms with Crippen molar-refractivity contribution in [1.82, 2.24) is 10.2 Å². The molecule has 0 spiro atoms. The Kier molecular flexibility index (Phi) is 9.22. The number of carbonyl (C=O) groups excluding carboxylic acids is 3. The smallest absolute Gasteiger partial charge is 0.408 e. The van der Waals surface area contributed by atoms with E-state index in [1.807, 2.05) is 50.2 Å². The summed E-state index contributed by atoms with van der Waals surface area (Å²) in [6.07, 6.45) is -0.117. The van der Waals surface area contributed by atoms with E-state index in [9.17, 15) is 19.5 Å². The van der Waals surface area contributed by atoms with Crippen LogP contribution in [0.2, 0.25) is 0 Å². The van der Waals surface area contributed by atoms with E-state index in [0.29, 0.717) is 17.7 Å². The Morgan fingerprint density at radius 2 is 1.67 bits per heavy atom. The Balaban J connectivity index is 1.98. The largest absolute Gasteiger partial charge is 0.507 e. The number of phenols is 1. The van der Waals surface area contributed by atoms with Crippen molar-refractivity contribution >= 4 is 34.4 Å².